The molecule has 0 spiro atoms. The van der Waals surface area contributed by atoms with Crippen molar-refractivity contribution < 1.29 is 8.42 Å². The zero-order valence-corrected chi connectivity index (χ0v) is 8.64. The Morgan fingerprint density at radius 2 is 2.38 bits per heavy atom. The van der Waals surface area contributed by atoms with Gasteiger partial charge in [0.05, 0.1) is 6.20 Å². The number of halogens is 1. The summed E-state index contributed by atoms with van der Waals surface area (Å²) in [6.07, 6.45) is 1.43. The Morgan fingerprint density at radius 3 is 2.85 bits per heavy atom. The number of aromatic nitrogens is 2. The lowest BCUT2D eigenvalue weighted by Gasteiger charge is -2.04. The Kier molecular flexibility index (Phi) is 3.29. The molecule has 74 valence electrons. The Hall–Kier alpha value is -0.590. The minimum Gasteiger partial charge on any atom is -0.256 e. The van der Waals surface area contributed by atoms with Gasteiger partial charge in [0.2, 0.25) is 0 Å². The molecule has 0 aliphatic rings. The lowest BCUT2D eigenvalue weighted by molar-refractivity contribution is 0.565. The molecule has 0 bridgehead atoms. The minimum absolute atomic E-state index is 0.137. The summed E-state index contributed by atoms with van der Waals surface area (Å²) in [6, 6.07) is 1.43. The van der Waals surface area contributed by atoms with E-state index in [0.29, 0.717) is 0 Å². The van der Waals surface area contributed by atoms with Crippen molar-refractivity contribution >= 4 is 21.6 Å². The summed E-state index contributed by atoms with van der Waals surface area (Å²) in [5.41, 5.74) is 0. The van der Waals surface area contributed by atoms with Crippen molar-refractivity contribution in [2.75, 3.05) is 12.4 Å². The molecule has 1 aromatic heterocycles. The molecule has 0 aliphatic heterocycles. The average Bonchev–Trinajstić information content (AvgIpc) is 2.48. The zero-order valence-electron chi connectivity index (χ0n) is 7.07. The van der Waals surface area contributed by atoms with Gasteiger partial charge in [0.25, 0.3) is 10.0 Å². The fraction of sp³-hybridized carbons (Fsp3) is 0.500. The summed E-state index contributed by atoms with van der Waals surface area (Å²) >= 11 is 5.36. The third-order valence-corrected chi connectivity index (χ3v) is 3.16. The summed E-state index contributed by atoms with van der Waals surface area (Å²) in [5.74, 6) is 0.247. The number of alkyl halides is 1. The fourth-order valence-electron chi connectivity index (χ4n) is 0.872. The Balaban J connectivity index is 2.88. The van der Waals surface area contributed by atoms with E-state index in [9.17, 15) is 8.42 Å². The lowest BCUT2D eigenvalue weighted by atomic mass is 10.7. The molecule has 5 nitrogen and oxygen atoms in total. The van der Waals surface area contributed by atoms with Gasteiger partial charge < -0.3 is 0 Å². The van der Waals surface area contributed by atoms with Crippen molar-refractivity contribution in [1.29, 1.82) is 0 Å². The molecule has 7 heteroatoms. The Morgan fingerprint density at radius 1 is 1.69 bits per heavy atom. The molecular weight excluding hydrogens is 214 g/mol. The highest BCUT2D eigenvalue weighted by atomic mass is 35.5. The lowest BCUT2D eigenvalue weighted by Crippen LogP contribution is -2.27. The van der Waals surface area contributed by atoms with E-state index in [4.69, 9.17) is 11.6 Å². The number of hydrogen-bond acceptors (Lipinski definition) is 3. The predicted molar refractivity (Wildman–Crippen MR) is 49.1 cm³/mol. The normalized spacial score (nSPS) is 11.8. The van der Waals surface area contributed by atoms with Crippen molar-refractivity contribution in [3.05, 3.63) is 12.3 Å². The molecule has 1 aromatic rings. The maximum atomic E-state index is 11.4. The van der Waals surface area contributed by atoms with Crippen LogP contribution < -0.4 is 4.72 Å². The maximum absolute atomic E-state index is 11.4. The molecule has 0 saturated carbocycles. The summed E-state index contributed by atoms with van der Waals surface area (Å²) in [5, 5.41) is 3.89. The van der Waals surface area contributed by atoms with Crippen LogP contribution in [0.25, 0.3) is 0 Å². The topological polar surface area (TPSA) is 64.0 Å². The summed E-state index contributed by atoms with van der Waals surface area (Å²) < 4.78 is 26.5. The van der Waals surface area contributed by atoms with E-state index in [0.717, 1.165) is 0 Å². The summed E-state index contributed by atoms with van der Waals surface area (Å²) in [6.45, 7) is 0.217. The van der Waals surface area contributed by atoms with Crippen molar-refractivity contribution in [3.8, 4) is 0 Å². The quantitative estimate of drug-likeness (QED) is 0.728. The number of nitrogens with one attached hydrogen (secondary N) is 1. The molecule has 0 atom stereocenters. The van der Waals surface area contributed by atoms with Gasteiger partial charge in [-0.05, 0) is 6.07 Å². The second kappa shape index (κ2) is 4.08. The molecule has 0 amide bonds. The molecule has 1 rings (SSSR count). The summed E-state index contributed by atoms with van der Waals surface area (Å²) in [7, 11) is -1.88. The number of rotatable bonds is 4. The largest absolute Gasteiger partial charge is 0.257 e. The van der Waals surface area contributed by atoms with Crippen LogP contribution in [0.1, 0.15) is 0 Å². The Labute approximate surface area is 81.7 Å². The van der Waals surface area contributed by atoms with Crippen molar-refractivity contribution in [3.63, 3.8) is 0 Å². The molecular formula is C6H10ClN3O2S. The van der Waals surface area contributed by atoms with Crippen molar-refractivity contribution in [2.45, 2.75) is 5.03 Å². The predicted octanol–water partition coefficient (Wildman–Crippen LogP) is -0.0628. The van der Waals surface area contributed by atoms with Crippen molar-refractivity contribution in [2.24, 2.45) is 7.05 Å². The molecule has 0 aliphatic carbocycles. The monoisotopic (exact) mass is 223 g/mol. The van der Waals surface area contributed by atoms with Crippen LogP contribution >= 0.6 is 11.6 Å². The number of hydrogen-bond donors (Lipinski definition) is 1. The van der Waals surface area contributed by atoms with Crippen LogP contribution in [-0.4, -0.2) is 30.6 Å². The van der Waals surface area contributed by atoms with Crippen LogP contribution in [0.4, 0.5) is 0 Å². The first kappa shape index (κ1) is 10.5. The first-order chi connectivity index (χ1) is 6.08. The first-order valence-electron chi connectivity index (χ1n) is 3.61. The number of aryl methyl sites for hydroxylation is 1. The smallest absolute Gasteiger partial charge is 0.256 e. The van der Waals surface area contributed by atoms with Crippen LogP contribution in [-0.2, 0) is 17.1 Å². The standard InChI is InChI=1S/C6H10ClN3O2S/c1-10-6(2-4-8-10)13(11,12)9-5-3-7/h2,4,9H,3,5H2,1H3. The third kappa shape index (κ3) is 2.43. The highest BCUT2D eigenvalue weighted by Crippen LogP contribution is 2.04. The molecule has 0 unspecified atom stereocenters. The van der Waals surface area contributed by atoms with Crippen LogP contribution in [0.3, 0.4) is 0 Å². The highest BCUT2D eigenvalue weighted by molar-refractivity contribution is 7.89. The van der Waals surface area contributed by atoms with Crippen LogP contribution in [0.2, 0.25) is 0 Å². The van der Waals surface area contributed by atoms with Gasteiger partial charge in [-0.25, -0.2) is 13.1 Å². The first-order valence-corrected chi connectivity index (χ1v) is 5.63. The zero-order chi connectivity index (χ0) is 9.90. The molecule has 0 fully saturated rings. The molecule has 13 heavy (non-hydrogen) atoms. The van der Waals surface area contributed by atoms with Crippen LogP contribution in [0.15, 0.2) is 17.3 Å². The second-order valence-corrected chi connectivity index (χ2v) is 4.47. The average molecular weight is 224 g/mol. The SMILES string of the molecule is Cn1nccc1S(=O)(=O)NCCCl. The second-order valence-electron chi connectivity index (χ2n) is 2.38. The Bertz CT molecular complexity index is 373. The van der Waals surface area contributed by atoms with Crippen molar-refractivity contribution in [1.82, 2.24) is 14.5 Å². The molecule has 0 aromatic carbocycles. The maximum Gasteiger partial charge on any atom is 0.257 e. The fourth-order valence-corrected chi connectivity index (χ4v) is 2.23. The molecule has 0 radical (unpaired) electrons. The van der Waals surface area contributed by atoms with E-state index in [1.807, 2.05) is 0 Å². The van der Waals surface area contributed by atoms with E-state index in [2.05, 4.69) is 9.82 Å². The molecule has 1 N–H and O–H groups in total. The van der Waals surface area contributed by atoms with E-state index in [-0.39, 0.29) is 17.5 Å². The van der Waals surface area contributed by atoms with E-state index >= 15 is 0 Å². The van der Waals surface area contributed by atoms with Gasteiger partial charge in [-0.15, -0.1) is 11.6 Å². The van der Waals surface area contributed by atoms with Gasteiger partial charge in [0.15, 0.2) is 5.03 Å². The molecule has 0 saturated heterocycles. The van der Waals surface area contributed by atoms with Gasteiger partial charge in [-0.2, -0.15) is 5.10 Å². The van der Waals surface area contributed by atoms with E-state index in [1.165, 1.54) is 16.9 Å². The highest BCUT2D eigenvalue weighted by Gasteiger charge is 2.16. The van der Waals surface area contributed by atoms with Gasteiger partial charge in [-0.1, -0.05) is 0 Å². The van der Waals surface area contributed by atoms with Crippen LogP contribution in [0, 0.1) is 0 Å². The summed E-state index contributed by atoms with van der Waals surface area (Å²) in [4.78, 5) is 0. The van der Waals surface area contributed by atoms with Gasteiger partial charge in [0, 0.05) is 19.5 Å². The minimum atomic E-state index is -3.44. The van der Waals surface area contributed by atoms with Gasteiger partial charge in [0.1, 0.15) is 0 Å². The number of sulfonamides is 1. The van der Waals surface area contributed by atoms with Gasteiger partial charge in [-0.3, -0.25) is 4.68 Å². The van der Waals surface area contributed by atoms with Crippen LogP contribution in [0.5, 0.6) is 0 Å². The molecule has 1 heterocycles. The van der Waals surface area contributed by atoms with Gasteiger partial charge >= 0.3 is 0 Å². The number of nitrogens with zero attached hydrogens (tertiary/aromatic N) is 2. The van der Waals surface area contributed by atoms with E-state index < -0.39 is 10.0 Å². The van der Waals surface area contributed by atoms with E-state index in [1.54, 1.807) is 7.05 Å². The third-order valence-electron chi connectivity index (χ3n) is 1.44.